The Hall–Kier alpha value is -3.01. The lowest BCUT2D eigenvalue weighted by Gasteiger charge is -2.21. The van der Waals surface area contributed by atoms with Crippen molar-refractivity contribution >= 4 is 33.2 Å². The Morgan fingerprint density at radius 1 is 1.04 bits per heavy atom. The summed E-state index contributed by atoms with van der Waals surface area (Å²) in [5.41, 5.74) is 3.27. The summed E-state index contributed by atoms with van der Waals surface area (Å²) in [4.78, 5) is 13.9. The van der Waals surface area contributed by atoms with Crippen LogP contribution in [-0.2, 0) is 7.05 Å². The fraction of sp³-hybridized carbons (Fsp3) is 0.105. The summed E-state index contributed by atoms with van der Waals surface area (Å²) in [5, 5.41) is 2.11. The first-order valence-electron chi connectivity index (χ1n) is 7.45. The van der Waals surface area contributed by atoms with Gasteiger partial charge in [-0.05, 0) is 35.7 Å². The molecule has 4 heteroatoms. The van der Waals surface area contributed by atoms with Crippen molar-refractivity contribution in [2.75, 3.05) is 11.9 Å². The molecule has 2 aromatic heterocycles. The van der Waals surface area contributed by atoms with E-state index in [9.17, 15) is 4.79 Å². The maximum Gasteiger partial charge on any atom is 0.338 e. The van der Waals surface area contributed by atoms with Crippen LogP contribution in [0.4, 0.5) is 11.4 Å². The average molecular weight is 304 g/mol. The van der Waals surface area contributed by atoms with E-state index in [1.54, 1.807) is 0 Å². The molecule has 0 N–H and O–H groups in total. The van der Waals surface area contributed by atoms with Gasteiger partial charge in [0.1, 0.15) is 5.58 Å². The van der Waals surface area contributed by atoms with Crippen molar-refractivity contribution in [2.24, 2.45) is 7.05 Å². The molecule has 0 bridgehead atoms. The van der Waals surface area contributed by atoms with Crippen molar-refractivity contribution in [3.8, 4) is 0 Å². The molecule has 4 aromatic rings. The van der Waals surface area contributed by atoms with Gasteiger partial charge in [-0.2, -0.15) is 0 Å². The molecule has 0 aliphatic carbocycles. The molecule has 0 saturated heterocycles. The number of nitrogens with zero attached hydrogens (tertiary/aromatic N) is 2. The fourth-order valence-electron chi connectivity index (χ4n) is 2.97. The van der Waals surface area contributed by atoms with Crippen LogP contribution in [-0.4, -0.2) is 11.6 Å². The molecule has 2 heterocycles. The van der Waals surface area contributed by atoms with Crippen LogP contribution < -0.4 is 10.5 Å². The standard InChI is InChI=1S/C19H16N2O2/c1-20-10-9-13-7-8-14(11-16(13)20)21(2)17-12-19(22)23-18-6-4-3-5-15(17)18/h3-12H,1-2H3. The minimum absolute atomic E-state index is 0.342. The molecule has 0 amide bonds. The minimum Gasteiger partial charge on any atom is -0.423 e. The van der Waals surface area contributed by atoms with E-state index >= 15 is 0 Å². The van der Waals surface area contributed by atoms with E-state index in [0.717, 1.165) is 22.3 Å². The Kier molecular flexibility index (Phi) is 2.98. The molecule has 0 atom stereocenters. The Bertz CT molecular complexity index is 1080. The van der Waals surface area contributed by atoms with Crippen LogP contribution in [0.25, 0.3) is 21.9 Å². The number of fused-ring (bicyclic) bond motifs is 2. The normalized spacial score (nSPS) is 11.2. The molecule has 0 aliphatic heterocycles. The summed E-state index contributed by atoms with van der Waals surface area (Å²) in [6.07, 6.45) is 2.04. The minimum atomic E-state index is -0.342. The number of anilines is 2. The van der Waals surface area contributed by atoms with E-state index in [-0.39, 0.29) is 5.63 Å². The predicted octanol–water partition coefficient (Wildman–Crippen LogP) is 4.05. The molecule has 0 unspecified atom stereocenters. The summed E-state index contributed by atoms with van der Waals surface area (Å²) in [7, 11) is 3.99. The highest BCUT2D eigenvalue weighted by atomic mass is 16.4. The van der Waals surface area contributed by atoms with Gasteiger partial charge in [0.15, 0.2) is 0 Å². The maximum atomic E-state index is 11.9. The highest BCUT2D eigenvalue weighted by Crippen LogP contribution is 2.31. The molecule has 114 valence electrons. The highest BCUT2D eigenvalue weighted by Gasteiger charge is 2.12. The van der Waals surface area contributed by atoms with Crippen molar-refractivity contribution in [3.05, 3.63) is 71.2 Å². The lowest BCUT2D eigenvalue weighted by molar-refractivity contribution is 0.561. The second-order valence-corrected chi connectivity index (χ2v) is 5.68. The van der Waals surface area contributed by atoms with Crippen LogP contribution in [0.2, 0.25) is 0 Å². The van der Waals surface area contributed by atoms with Crippen molar-refractivity contribution in [1.29, 1.82) is 0 Å². The predicted molar refractivity (Wildman–Crippen MR) is 93.5 cm³/mol. The number of benzene rings is 2. The summed E-state index contributed by atoms with van der Waals surface area (Å²) >= 11 is 0. The van der Waals surface area contributed by atoms with E-state index in [1.165, 1.54) is 11.5 Å². The largest absolute Gasteiger partial charge is 0.423 e. The van der Waals surface area contributed by atoms with E-state index in [2.05, 4.69) is 28.8 Å². The first-order chi connectivity index (χ1) is 11.1. The Morgan fingerprint density at radius 2 is 1.87 bits per heavy atom. The zero-order chi connectivity index (χ0) is 16.0. The second-order valence-electron chi connectivity index (χ2n) is 5.68. The van der Waals surface area contributed by atoms with Crippen molar-refractivity contribution < 1.29 is 4.42 Å². The van der Waals surface area contributed by atoms with Crippen molar-refractivity contribution in [3.63, 3.8) is 0 Å². The van der Waals surface area contributed by atoms with Crippen LogP contribution in [0.1, 0.15) is 0 Å². The second kappa shape index (κ2) is 5.02. The van der Waals surface area contributed by atoms with E-state index < -0.39 is 0 Å². The van der Waals surface area contributed by atoms with Crippen molar-refractivity contribution in [1.82, 2.24) is 4.57 Å². The number of aromatic nitrogens is 1. The SMILES string of the molecule is CN(c1ccc2ccn(C)c2c1)c1cc(=O)oc2ccccc12. The van der Waals surface area contributed by atoms with Gasteiger partial charge in [-0.25, -0.2) is 4.79 Å². The topological polar surface area (TPSA) is 38.4 Å². The molecule has 23 heavy (non-hydrogen) atoms. The van der Waals surface area contributed by atoms with Gasteiger partial charge in [0.05, 0.1) is 5.69 Å². The highest BCUT2D eigenvalue weighted by molar-refractivity contribution is 5.93. The molecule has 4 rings (SSSR count). The van der Waals surface area contributed by atoms with Gasteiger partial charge in [0.2, 0.25) is 0 Å². The monoisotopic (exact) mass is 304 g/mol. The lowest BCUT2D eigenvalue weighted by Crippen LogP contribution is -2.12. The number of hydrogen-bond donors (Lipinski definition) is 0. The summed E-state index contributed by atoms with van der Waals surface area (Å²) < 4.78 is 7.37. The molecule has 4 nitrogen and oxygen atoms in total. The summed E-state index contributed by atoms with van der Waals surface area (Å²) in [6, 6.07) is 17.5. The summed E-state index contributed by atoms with van der Waals surface area (Å²) in [6.45, 7) is 0. The van der Waals surface area contributed by atoms with Gasteiger partial charge in [-0.15, -0.1) is 0 Å². The Labute approximate surface area is 133 Å². The quantitative estimate of drug-likeness (QED) is 0.524. The molecular weight excluding hydrogens is 288 g/mol. The molecule has 0 saturated carbocycles. The van der Waals surface area contributed by atoms with E-state index in [1.807, 2.05) is 49.5 Å². The van der Waals surface area contributed by atoms with Gasteiger partial charge in [-0.3, -0.25) is 0 Å². The third-order valence-corrected chi connectivity index (χ3v) is 4.25. The van der Waals surface area contributed by atoms with Crippen LogP contribution in [0, 0.1) is 0 Å². The third-order valence-electron chi connectivity index (χ3n) is 4.25. The van der Waals surface area contributed by atoms with Crippen LogP contribution >= 0.6 is 0 Å². The third kappa shape index (κ3) is 2.19. The summed E-state index contributed by atoms with van der Waals surface area (Å²) in [5.74, 6) is 0. The van der Waals surface area contributed by atoms with Crippen molar-refractivity contribution in [2.45, 2.75) is 0 Å². The molecule has 0 fully saturated rings. The van der Waals surface area contributed by atoms with Crippen LogP contribution in [0.15, 0.2) is 70.0 Å². The first kappa shape index (κ1) is 13.6. The number of para-hydroxylation sites is 1. The zero-order valence-corrected chi connectivity index (χ0v) is 13.0. The Morgan fingerprint density at radius 3 is 2.74 bits per heavy atom. The number of hydrogen-bond acceptors (Lipinski definition) is 3. The van der Waals surface area contributed by atoms with Gasteiger partial charge < -0.3 is 13.9 Å². The maximum absolute atomic E-state index is 11.9. The molecule has 2 aromatic carbocycles. The number of aryl methyl sites for hydroxylation is 1. The van der Waals surface area contributed by atoms with Gasteiger partial charge >= 0.3 is 5.63 Å². The number of rotatable bonds is 2. The lowest BCUT2D eigenvalue weighted by atomic mass is 10.1. The fourth-order valence-corrected chi connectivity index (χ4v) is 2.97. The first-order valence-corrected chi connectivity index (χ1v) is 7.45. The van der Waals surface area contributed by atoms with E-state index in [4.69, 9.17) is 4.42 Å². The average Bonchev–Trinajstić information content (AvgIpc) is 2.94. The van der Waals surface area contributed by atoms with Crippen LogP contribution in [0.5, 0.6) is 0 Å². The molecule has 0 radical (unpaired) electrons. The van der Waals surface area contributed by atoms with Gasteiger partial charge in [0, 0.05) is 42.9 Å². The van der Waals surface area contributed by atoms with E-state index in [0.29, 0.717) is 5.58 Å². The Balaban J connectivity index is 1.92. The smallest absolute Gasteiger partial charge is 0.338 e. The van der Waals surface area contributed by atoms with Gasteiger partial charge in [0.25, 0.3) is 0 Å². The van der Waals surface area contributed by atoms with Crippen LogP contribution in [0.3, 0.4) is 0 Å². The van der Waals surface area contributed by atoms with Gasteiger partial charge in [-0.1, -0.05) is 18.2 Å². The molecule has 0 aliphatic rings. The zero-order valence-electron chi connectivity index (χ0n) is 13.0. The molecular formula is C19H16N2O2. The molecule has 0 spiro atoms.